The molecule has 0 saturated heterocycles. The van der Waals surface area contributed by atoms with Crippen molar-refractivity contribution in [3.8, 4) is 11.8 Å². The van der Waals surface area contributed by atoms with E-state index < -0.39 is 17.9 Å². The average Bonchev–Trinajstić information content (AvgIpc) is 2.53. The molecular formula is C17H9ClF3NO2. The molecule has 0 unspecified atom stereocenters. The van der Waals surface area contributed by atoms with Gasteiger partial charge in [0.25, 0.3) is 0 Å². The third-order valence-electron chi connectivity index (χ3n) is 2.90. The van der Waals surface area contributed by atoms with Crippen molar-refractivity contribution in [3.05, 3.63) is 70.3 Å². The number of carbonyl (C=O) groups is 1. The first-order valence-electron chi connectivity index (χ1n) is 6.56. The number of carbonyl (C=O) groups excluding carboxylic acids is 1. The summed E-state index contributed by atoms with van der Waals surface area (Å²) in [5, 5.41) is 9.65. The van der Waals surface area contributed by atoms with E-state index in [0.717, 1.165) is 24.3 Å². The van der Waals surface area contributed by atoms with E-state index in [-0.39, 0.29) is 11.1 Å². The van der Waals surface area contributed by atoms with Crippen LogP contribution in [-0.4, -0.2) is 12.1 Å². The van der Waals surface area contributed by atoms with Crippen molar-refractivity contribution in [2.24, 2.45) is 0 Å². The lowest BCUT2D eigenvalue weighted by Crippen LogP contribution is -2.17. The van der Waals surface area contributed by atoms with Gasteiger partial charge >= 0.3 is 6.36 Å². The van der Waals surface area contributed by atoms with Crippen molar-refractivity contribution in [1.82, 2.24) is 0 Å². The smallest absolute Gasteiger partial charge is 0.406 e. The second-order valence-electron chi connectivity index (χ2n) is 4.62. The van der Waals surface area contributed by atoms with Gasteiger partial charge in [-0.25, -0.2) is 0 Å². The third kappa shape index (κ3) is 4.86. The number of Topliss-reactive ketones (excluding diaryl/α,β-unsaturated/α-hetero) is 1. The second kappa shape index (κ2) is 7.20. The maximum atomic E-state index is 12.3. The average molecular weight is 352 g/mol. The topological polar surface area (TPSA) is 50.1 Å². The highest BCUT2D eigenvalue weighted by atomic mass is 35.5. The fourth-order valence-electron chi connectivity index (χ4n) is 1.84. The van der Waals surface area contributed by atoms with Gasteiger partial charge in [-0.2, -0.15) is 5.26 Å². The highest BCUT2D eigenvalue weighted by Crippen LogP contribution is 2.23. The molecule has 2 rings (SSSR count). The Morgan fingerprint density at radius 3 is 2.17 bits per heavy atom. The molecule has 0 atom stereocenters. The Hall–Kier alpha value is -2.78. The summed E-state index contributed by atoms with van der Waals surface area (Å²) in [6.45, 7) is 0. The van der Waals surface area contributed by atoms with Crippen LogP contribution in [0, 0.1) is 11.3 Å². The van der Waals surface area contributed by atoms with Crippen molar-refractivity contribution in [2.45, 2.75) is 6.36 Å². The number of halogens is 4. The predicted octanol–water partition coefficient (Wildman–Crippen LogP) is 5.03. The van der Waals surface area contributed by atoms with E-state index in [2.05, 4.69) is 4.74 Å². The molecule has 0 aliphatic carbocycles. The number of nitriles is 1. The van der Waals surface area contributed by atoms with E-state index in [1.807, 2.05) is 0 Å². The van der Waals surface area contributed by atoms with Crippen LogP contribution in [0.3, 0.4) is 0 Å². The molecule has 0 aliphatic heterocycles. The first-order chi connectivity index (χ1) is 11.3. The first kappa shape index (κ1) is 17.6. The van der Waals surface area contributed by atoms with Crippen LogP contribution < -0.4 is 4.74 Å². The number of ether oxygens (including phenoxy) is 1. The van der Waals surface area contributed by atoms with Crippen LogP contribution in [0.4, 0.5) is 13.2 Å². The Morgan fingerprint density at radius 1 is 1.08 bits per heavy atom. The molecule has 0 amide bonds. The van der Waals surface area contributed by atoms with Crippen molar-refractivity contribution in [1.29, 1.82) is 5.26 Å². The number of nitrogens with zero attached hydrogens (tertiary/aromatic N) is 1. The Morgan fingerprint density at radius 2 is 1.67 bits per heavy atom. The van der Waals surface area contributed by atoms with E-state index in [1.165, 1.54) is 6.08 Å². The number of benzene rings is 2. The van der Waals surface area contributed by atoms with Crippen LogP contribution in [0.1, 0.15) is 15.9 Å². The zero-order valence-electron chi connectivity index (χ0n) is 12.0. The van der Waals surface area contributed by atoms with Crippen molar-refractivity contribution < 1.29 is 22.7 Å². The Bertz CT molecular complexity index is 804. The van der Waals surface area contributed by atoms with Crippen LogP contribution in [0.2, 0.25) is 5.02 Å². The zero-order chi connectivity index (χ0) is 17.7. The summed E-state index contributed by atoms with van der Waals surface area (Å²) < 4.78 is 40.0. The van der Waals surface area contributed by atoms with Crippen molar-refractivity contribution in [3.63, 3.8) is 0 Å². The largest absolute Gasteiger partial charge is 0.573 e. The predicted molar refractivity (Wildman–Crippen MR) is 82.5 cm³/mol. The lowest BCUT2D eigenvalue weighted by molar-refractivity contribution is -0.274. The molecule has 0 N–H and O–H groups in total. The van der Waals surface area contributed by atoms with Gasteiger partial charge in [0.05, 0.1) is 0 Å². The minimum Gasteiger partial charge on any atom is -0.406 e. The van der Waals surface area contributed by atoms with Crippen LogP contribution in [0.5, 0.6) is 5.75 Å². The molecule has 2 aromatic rings. The normalized spacial score (nSPS) is 11.7. The lowest BCUT2D eigenvalue weighted by atomic mass is 10.0. The van der Waals surface area contributed by atoms with Gasteiger partial charge in [0.1, 0.15) is 17.4 Å². The molecule has 7 heteroatoms. The van der Waals surface area contributed by atoms with Crippen LogP contribution in [0.25, 0.3) is 6.08 Å². The fourth-order valence-corrected chi connectivity index (χ4v) is 1.96. The monoisotopic (exact) mass is 351 g/mol. The summed E-state index contributed by atoms with van der Waals surface area (Å²) in [4.78, 5) is 12.3. The van der Waals surface area contributed by atoms with Gasteiger partial charge in [-0.1, -0.05) is 23.7 Å². The van der Waals surface area contributed by atoms with Gasteiger partial charge in [0.2, 0.25) is 5.78 Å². The summed E-state index contributed by atoms with van der Waals surface area (Å²) in [7, 11) is 0. The second-order valence-corrected chi connectivity index (χ2v) is 5.06. The molecule has 0 bridgehead atoms. The van der Waals surface area contributed by atoms with E-state index >= 15 is 0 Å². The van der Waals surface area contributed by atoms with Gasteiger partial charge in [-0.05, 0) is 48.0 Å². The van der Waals surface area contributed by atoms with Crippen molar-refractivity contribution >= 4 is 23.5 Å². The Labute approximate surface area is 140 Å². The van der Waals surface area contributed by atoms with Crippen LogP contribution >= 0.6 is 11.6 Å². The summed E-state index contributed by atoms with van der Waals surface area (Å²) in [6, 6.07) is 12.6. The number of hydrogen-bond acceptors (Lipinski definition) is 3. The fraction of sp³-hybridized carbons (Fsp3) is 0.0588. The summed E-state index contributed by atoms with van der Waals surface area (Å²) in [5.74, 6) is -1.05. The highest BCUT2D eigenvalue weighted by Gasteiger charge is 2.31. The molecule has 0 fully saturated rings. The zero-order valence-corrected chi connectivity index (χ0v) is 12.7. The van der Waals surface area contributed by atoms with E-state index in [0.29, 0.717) is 10.6 Å². The number of rotatable bonds is 4. The molecular weight excluding hydrogens is 343 g/mol. The van der Waals surface area contributed by atoms with Gasteiger partial charge in [0.15, 0.2) is 0 Å². The van der Waals surface area contributed by atoms with Gasteiger partial charge in [0, 0.05) is 10.6 Å². The van der Waals surface area contributed by atoms with Gasteiger partial charge in [-0.15, -0.1) is 13.2 Å². The molecule has 2 aromatic carbocycles. The number of ketones is 1. The Kier molecular flexibility index (Phi) is 5.27. The molecule has 0 spiro atoms. The number of hydrogen-bond donors (Lipinski definition) is 0. The summed E-state index contributed by atoms with van der Waals surface area (Å²) in [5.41, 5.74) is 0.523. The number of alkyl halides is 3. The van der Waals surface area contributed by atoms with E-state index in [1.54, 1.807) is 30.3 Å². The summed E-state index contributed by atoms with van der Waals surface area (Å²) in [6.07, 6.45) is -3.43. The molecule has 3 nitrogen and oxygen atoms in total. The van der Waals surface area contributed by atoms with Crippen LogP contribution in [0.15, 0.2) is 54.1 Å². The minimum atomic E-state index is -4.81. The first-order valence-corrected chi connectivity index (χ1v) is 6.94. The van der Waals surface area contributed by atoms with Gasteiger partial charge < -0.3 is 4.74 Å². The standard InChI is InChI=1S/C17H9ClF3NO2/c18-14-5-1-11(2-6-14)9-13(10-22)16(23)12-3-7-15(8-4-12)24-17(19,20)21/h1-9H/b13-9+. The maximum Gasteiger partial charge on any atom is 0.573 e. The van der Waals surface area contributed by atoms with Crippen molar-refractivity contribution in [2.75, 3.05) is 0 Å². The molecule has 122 valence electrons. The molecule has 0 radical (unpaired) electrons. The third-order valence-corrected chi connectivity index (χ3v) is 3.15. The number of allylic oxidation sites excluding steroid dienone is 1. The van der Waals surface area contributed by atoms with E-state index in [4.69, 9.17) is 16.9 Å². The lowest BCUT2D eigenvalue weighted by Gasteiger charge is -2.08. The summed E-state index contributed by atoms with van der Waals surface area (Å²) >= 11 is 5.76. The molecule has 0 aromatic heterocycles. The molecule has 0 saturated carbocycles. The maximum absolute atomic E-state index is 12.3. The molecule has 24 heavy (non-hydrogen) atoms. The SMILES string of the molecule is N#C/C(=C\c1ccc(Cl)cc1)C(=O)c1ccc(OC(F)(F)F)cc1. The Balaban J connectivity index is 2.22. The minimum absolute atomic E-state index is 0.0753. The quantitative estimate of drug-likeness (QED) is 0.441. The molecule has 0 heterocycles. The molecule has 0 aliphatic rings. The van der Waals surface area contributed by atoms with Crippen LogP contribution in [-0.2, 0) is 0 Å². The van der Waals surface area contributed by atoms with E-state index in [9.17, 15) is 18.0 Å². The highest BCUT2D eigenvalue weighted by molar-refractivity contribution is 6.30. The van der Waals surface area contributed by atoms with Gasteiger partial charge in [-0.3, -0.25) is 4.79 Å².